The molecule has 1 aliphatic carbocycles. The molecule has 0 N–H and O–H groups in total. The Morgan fingerprint density at radius 3 is 2.57 bits per heavy atom. The van der Waals surface area contributed by atoms with Gasteiger partial charge in [-0.1, -0.05) is 30.3 Å². The Labute approximate surface area is 138 Å². The van der Waals surface area contributed by atoms with Crippen LogP contribution in [0.5, 0.6) is 0 Å². The number of amides is 1. The lowest BCUT2D eigenvalue weighted by Gasteiger charge is -2.32. The maximum absolute atomic E-state index is 12.6. The second-order valence-corrected chi connectivity index (χ2v) is 6.50. The monoisotopic (exact) mass is 318 g/mol. The van der Waals surface area contributed by atoms with Crippen molar-refractivity contribution in [3.63, 3.8) is 0 Å². The molecule has 0 bridgehead atoms. The number of rotatable bonds is 6. The van der Waals surface area contributed by atoms with Crippen LogP contribution in [0.2, 0.25) is 0 Å². The predicted molar refractivity (Wildman–Crippen MR) is 87.9 cm³/mol. The summed E-state index contributed by atoms with van der Waals surface area (Å²) in [6.07, 6.45) is 2.34. The molecule has 1 heterocycles. The van der Waals surface area contributed by atoms with Gasteiger partial charge in [0.15, 0.2) is 6.29 Å². The molecule has 2 aliphatic rings. The summed E-state index contributed by atoms with van der Waals surface area (Å²) in [6.45, 7) is 2.20. The minimum Gasteiger partial charge on any atom is -0.348 e. The van der Waals surface area contributed by atoms with E-state index in [1.165, 1.54) is 12.8 Å². The smallest absolute Gasteiger partial charge is 0.251 e. The lowest BCUT2D eigenvalue weighted by atomic mass is 10.1. The number of carbonyl (C=O) groups excluding carboxylic acids is 1. The molecule has 126 valence electrons. The van der Waals surface area contributed by atoms with Gasteiger partial charge in [-0.05, 0) is 19.9 Å². The van der Waals surface area contributed by atoms with E-state index in [0.29, 0.717) is 13.0 Å². The molecule has 5 heteroatoms. The molecule has 0 radical (unpaired) electrons. The van der Waals surface area contributed by atoms with Crippen LogP contribution in [0.4, 0.5) is 0 Å². The summed E-state index contributed by atoms with van der Waals surface area (Å²) in [5.41, 5.74) is 0.959. The Balaban J connectivity index is 1.51. The zero-order chi connectivity index (χ0) is 16.2. The summed E-state index contributed by atoms with van der Waals surface area (Å²) in [6, 6.07) is 10.5. The van der Waals surface area contributed by atoms with Crippen molar-refractivity contribution < 1.29 is 14.3 Å². The molecule has 1 saturated heterocycles. The van der Waals surface area contributed by atoms with Gasteiger partial charge in [-0.3, -0.25) is 4.79 Å². The average molecular weight is 318 g/mol. The van der Waals surface area contributed by atoms with E-state index < -0.39 is 12.4 Å². The number of likely N-dealkylation sites (N-methyl/N-ethyl adjacent to an activating group) is 2. The van der Waals surface area contributed by atoms with Crippen molar-refractivity contribution in [1.29, 1.82) is 0 Å². The third-order valence-corrected chi connectivity index (χ3v) is 4.62. The molecule has 1 aromatic rings. The van der Waals surface area contributed by atoms with Crippen LogP contribution in [0.15, 0.2) is 30.3 Å². The SMILES string of the molecule is CN(CCN(C)C1CC1)C(=O)[C@H]1CCO[C@H](c2ccccc2)O1. The van der Waals surface area contributed by atoms with Crippen LogP contribution in [0.1, 0.15) is 31.1 Å². The third kappa shape index (κ3) is 4.31. The highest BCUT2D eigenvalue weighted by Gasteiger charge is 2.32. The minimum absolute atomic E-state index is 0.0541. The normalized spacial score (nSPS) is 24.7. The van der Waals surface area contributed by atoms with Gasteiger partial charge < -0.3 is 19.3 Å². The predicted octanol–water partition coefficient (Wildman–Crippen LogP) is 2.04. The zero-order valence-electron chi connectivity index (χ0n) is 14.0. The molecule has 1 aliphatic heterocycles. The molecule has 0 unspecified atom stereocenters. The number of hydrogen-bond donors (Lipinski definition) is 0. The van der Waals surface area contributed by atoms with E-state index in [1.807, 2.05) is 37.4 Å². The Kier molecular flexibility index (Phi) is 5.30. The van der Waals surface area contributed by atoms with E-state index in [2.05, 4.69) is 11.9 Å². The van der Waals surface area contributed by atoms with E-state index in [0.717, 1.165) is 24.7 Å². The Bertz CT molecular complexity index is 518. The summed E-state index contributed by atoms with van der Waals surface area (Å²) in [5, 5.41) is 0. The second kappa shape index (κ2) is 7.43. The fraction of sp³-hybridized carbons (Fsp3) is 0.611. The zero-order valence-corrected chi connectivity index (χ0v) is 14.0. The van der Waals surface area contributed by atoms with Crippen LogP contribution in [0.25, 0.3) is 0 Å². The summed E-state index contributed by atoms with van der Waals surface area (Å²) in [5.74, 6) is 0.0541. The minimum atomic E-state index is -0.443. The van der Waals surface area contributed by atoms with Crippen LogP contribution in [0, 0.1) is 0 Å². The second-order valence-electron chi connectivity index (χ2n) is 6.50. The van der Waals surface area contributed by atoms with Gasteiger partial charge in [-0.25, -0.2) is 0 Å². The molecule has 1 saturated carbocycles. The molecular weight excluding hydrogens is 292 g/mol. The van der Waals surface area contributed by atoms with Crippen molar-refractivity contribution in [2.45, 2.75) is 37.7 Å². The topological polar surface area (TPSA) is 42.0 Å². The van der Waals surface area contributed by atoms with Gasteiger partial charge >= 0.3 is 0 Å². The quantitative estimate of drug-likeness (QED) is 0.805. The number of carbonyl (C=O) groups is 1. The van der Waals surface area contributed by atoms with Gasteiger partial charge in [-0.2, -0.15) is 0 Å². The first-order chi connectivity index (χ1) is 11.1. The molecule has 3 rings (SSSR count). The van der Waals surface area contributed by atoms with Crippen LogP contribution >= 0.6 is 0 Å². The van der Waals surface area contributed by atoms with E-state index in [4.69, 9.17) is 9.47 Å². The van der Waals surface area contributed by atoms with Gasteiger partial charge in [0.05, 0.1) is 6.61 Å². The largest absolute Gasteiger partial charge is 0.348 e. The molecule has 2 atom stereocenters. The summed E-state index contributed by atoms with van der Waals surface area (Å²) in [7, 11) is 3.99. The fourth-order valence-corrected chi connectivity index (χ4v) is 2.87. The molecule has 1 amide bonds. The maximum atomic E-state index is 12.6. The number of benzene rings is 1. The Morgan fingerprint density at radius 1 is 1.13 bits per heavy atom. The van der Waals surface area contributed by atoms with Gasteiger partial charge in [0.2, 0.25) is 0 Å². The highest BCUT2D eigenvalue weighted by molar-refractivity contribution is 5.80. The fourth-order valence-electron chi connectivity index (χ4n) is 2.87. The van der Waals surface area contributed by atoms with Crippen molar-refractivity contribution in [1.82, 2.24) is 9.80 Å². The molecule has 1 aromatic carbocycles. The number of hydrogen-bond acceptors (Lipinski definition) is 4. The molecule has 0 aromatic heterocycles. The highest BCUT2D eigenvalue weighted by Crippen LogP contribution is 2.27. The van der Waals surface area contributed by atoms with Crippen LogP contribution in [-0.4, -0.2) is 61.6 Å². The van der Waals surface area contributed by atoms with Crippen molar-refractivity contribution in [3.05, 3.63) is 35.9 Å². The molecule has 0 spiro atoms. The molecule has 5 nitrogen and oxygen atoms in total. The van der Waals surface area contributed by atoms with Crippen molar-refractivity contribution in [2.75, 3.05) is 33.8 Å². The molecule has 2 fully saturated rings. The van der Waals surface area contributed by atoms with Crippen LogP contribution in [0.3, 0.4) is 0 Å². The lowest BCUT2D eigenvalue weighted by molar-refractivity contribution is -0.220. The van der Waals surface area contributed by atoms with Crippen LogP contribution < -0.4 is 0 Å². The Hall–Kier alpha value is -1.43. The number of nitrogens with zero attached hydrogens (tertiary/aromatic N) is 2. The van der Waals surface area contributed by atoms with E-state index in [9.17, 15) is 4.79 Å². The highest BCUT2D eigenvalue weighted by atomic mass is 16.7. The first-order valence-electron chi connectivity index (χ1n) is 8.42. The summed E-state index contributed by atoms with van der Waals surface area (Å²) in [4.78, 5) is 16.7. The van der Waals surface area contributed by atoms with E-state index in [-0.39, 0.29) is 5.91 Å². The van der Waals surface area contributed by atoms with Gasteiger partial charge in [0, 0.05) is 38.2 Å². The summed E-state index contributed by atoms with van der Waals surface area (Å²) < 4.78 is 11.6. The van der Waals surface area contributed by atoms with Crippen molar-refractivity contribution in [3.8, 4) is 0 Å². The number of ether oxygens (including phenoxy) is 2. The lowest BCUT2D eigenvalue weighted by Crippen LogP contribution is -2.44. The third-order valence-electron chi connectivity index (χ3n) is 4.62. The van der Waals surface area contributed by atoms with E-state index >= 15 is 0 Å². The van der Waals surface area contributed by atoms with Crippen LogP contribution in [-0.2, 0) is 14.3 Å². The molecular formula is C18H26N2O3. The standard InChI is InChI=1S/C18H26N2O3/c1-19(15-8-9-15)11-12-20(2)17(21)16-10-13-22-18(23-16)14-6-4-3-5-7-14/h3-7,15-16,18H,8-13H2,1-2H3/t16-,18+/m1/s1. The first kappa shape index (κ1) is 16.4. The first-order valence-corrected chi connectivity index (χ1v) is 8.42. The van der Waals surface area contributed by atoms with E-state index in [1.54, 1.807) is 4.90 Å². The van der Waals surface area contributed by atoms with Gasteiger partial charge in [0.1, 0.15) is 6.10 Å². The average Bonchev–Trinajstić information content (AvgIpc) is 3.45. The van der Waals surface area contributed by atoms with Crippen molar-refractivity contribution >= 4 is 5.91 Å². The van der Waals surface area contributed by atoms with Crippen molar-refractivity contribution in [2.24, 2.45) is 0 Å². The van der Waals surface area contributed by atoms with Gasteiger partial charge in [0.25, 0.3) is 5.91 Å². The maximum Gasteiger partial charge on any atom is 0.251 e. The molecule has 23 heavy (non-hydrogen) atoms. The summed E-state index contributed by atoms with van der Waals surface area (Å²) >= 11 is 0. The Morgan fingerprint density at radius 2 is 1.87 bits per heavy atom. The van der Waals surface area contributed by atoms with Gasteiger partial charge in [-0.15, -0.1) is 0 Å².